The molecule has 0 bridgehead atoms. The number of benzene rings is 1. The number of nitrogens with zero attached hydrogens (tertiary/aromatic N) is 3. The maximum atomic E-state index is 10.6. The van der Waals surface area contributed by atoms with Gasteiger partial charge >= 0.3 is 0 Å². The first-order chi connectivity index (χ1) is 8.56. The molecule has 1 aromatic heterocycles. The van der Waals surface area contributed by atoms with Crippen molar-refractivity contribution in [2.75, 3.05) is 5.73 Å². The van der Waals surface area contributed by atoms with Crippen LogP contribution in [0.3, 0.4) is 0 Å². The molecule has 0 aliphatic carbocycles. The molecule has 0 radical (unpaired) electrons. The van der Waals surface area contributed by atoms with Gasteiger partial charge in [-0.3, -0.25) is 10.1 Å². The highest BCUT2D eigenvalue weighted by Gasteiger charge is 2.11. The second kappa shape index (κ2) is 5.05. The Labute approximate surface area is 107 Å². The minimum absolute atomic E-state index is 0.0858. The predicted octanol–water partition coefficient (Wildman–Crippen LogP) is 2.16. The average Bonchev–Trinajstić information content (AvgIpc) is 2.72. The molecule has 0 spiro atoms. The lowest BCUT2D eigenvalue weighted by atomic mass is 10.2. The summed E-state index contributed by atoms with van der Waals surface area (Å²) in [6.07, 6.45) is 0. The molecule has 0 amide bonds. The van der Waals surface area contributed by atoms with Crippen LogP contribution in [0.5, 0.6) is 0 Å². The largest absolute Gasteiger partial charge is 0.416 e. The first kappa shape index (κ1) is 12.4. The van der Waals surface area contributed by atoms with Crippen LogP contribution < -0.4 is 5.73 Å². The SMILES string of the molecule is Cc1nnc(SCc2ccc([N+](=O)[O-])c(N)c2)o1. The van der Waals surface area contributed by atoms with Crippen LogP contribution in [0.4, 0.5) is 11.4 Å². The molecule has 1 heterocycles. The third-order valence-electron chi connectivity index (χ3n) is 2.16. The Morgan fingerprint density at radius 3 is 2.83 bits per heavy atom. The summed E-state index contributed by atoms with van der Waals surface area (Å²) < 4.78 is 5.20. The second-order valence-corrected chi connectivity index (χ2v) is 4.45. The van der Waals surface area contributed by atoms with Gasteiger partial charge in [0.15, 0.2) is 0 Å². The van der Waals surface area contributed by atoms with E-state index < -0.39 is 4.92 Å². The van der Waals surface area contributed by atoms with Crippen molar-refractivity contribution in [3.63, 3.8) is 0 Å². The summed E-state index contributed by atoms with van der Waals surface area (Å²) in [5.41, 5.74) is 6.52. The predicted molar refractivity (Wildman–Crippen MR) is 66.1 cm³/mol. The van der Waals surface area contributed by atoms with E-state index in [0.717, 1.165) is 5.56 Å². The van der Waals surface area contributed by atoms with E-state index in [1.54, 1.807) is 19.1 Å². The number of aromatic nitrogens is 2. The Balaban J connectivity index is 2.06. The molecule has 2 N–H and O–H groups in total. The summed E-state index contributed by atoms with van der Waals surface area (Å²) in [4.78, 5) is 10.1. The highest BCUT2D eigenvalue weighted by Crippen LogP contribution is 2.26. The smallest absolute Gasteiger partial charge is 0.292 e. The van der Waals surface area contributed by atoms with Crippen LogP contribution in [0.2, 0.25) is 0 Å². The van der Waals surface area contributed by atoms with Crippen LogP contribution >= 0.6 is 11.8 Å². The molecule has 0 fully saturated rings. The van der Waals surface area contributed by atoms with Crippen LogP contribution in [-0.2, 0) is 5.75 Å². The first-order valence-electron chi connectivity index (χ1n) is 5.02. The lowest BCUT2D eigenvalue weighted by molar-refractivity contribution is -0.383. The molecule has 2 aromatic rings. The minimum Gasteiger partial charge on any atom is -0.416 e. The van der Waals surface area contributed by atoms with Gasteiger partial charge in [0.05, 0.1) is 4.92 Å². The van der Waals surface area contributed by atoms with E-state index in [0.29, 0.717) is 16.9 Å². The zero-order valence-electron chi connectivity index (χ0n) is 9.49. The molecular formula is C10H10N4O3S. The highest BCUT2D eigenvalue weighted by molar-refractivity contribution is 7.98. The number of nitrogens with two attached hydrogens (primary N) is 1. The average molecular weight is 266 g/mol. The lowest BCUT2D eigenvalue weighted by Crippen LogP contribution is -1.96. The zero-order valence-corrected chi connectivity index (χ0v) is 10.3. The summed E-state index contributed by atoms with van der Waals surface area (Å²) in [7, 11) is 0. The van der Waals surface area contributed by atoms with Crippen molar-refractivity contribution in [2.45, 2.75) is 17.9 Å². The Kier molecular flexibility index (Phi) is 3.47. The number of aryl methyl sites for hydroxylation is 1. The summed E-state index contributed by atoms with van der Waals surface area (Å²) in [6.45, 7) is 1.71. The molecule has 2 rings (SSSR count). The number of rotatable bonds is 4. The molecule has 7 nitrogen and oxygen atoms in total. The summed E-state index contributed by atoms with van der Waals surface area (Å²) in [5, 5.41) is 18.6. The van der Waals surface area contributed by atoms with Gasteiger partial charge in [0.2, 0.25) is 5.89 Å². The molecular weight excluding hydrogens is 256 g/mol. The van der Waals surface area contributed by atoms with E-state index in [-0.39, 0.29) is 11.4 Å². The van der Waals surface area contributed by atoms with Gasteiger partial charge in [0, 0.05) is 18.7 Å². The van der Waals surface area contributed by atoms with Gasteiger partial charge in [-0.2, -0.15) is 0 Å². The normalized spacial score (nSPS) is 10.5. The van der Waals surface area contributed by atoms with E-state index in [1.165, 1.54) is 17.8 Å². The van der Waals surface area contributed by atoms with Crippen molar-refractivity contribution in [1.29, 1.82) is 0 Å². The van der Waals surface area contributed by atoms with Crippen molar-refractivity contribution in [3.05, 3.63) is 39.8 Å². The maximum Gasteiger partial charge on any atom is 0.292 e. The molecule has 0 saturated heterocycles. The van der Waals surface area contributed by atoms with Crippen molar-refractivity contribution < 1.29 is 9.34 Å². The summed E-state index contributed by atoms with van der Waals surface area (Å²) in [5.74, 6) is 1.06. The van der Waals surface area contributed by atoms with Gasteiger partial charge in [-0.1, -0.05) is 17.8 Å². The number of hydrogen-bond acceptors (Lipinski definition) is 7. The van der Waals surface area contributed by atoms with E-state index in [9.17, 15) is 10.1 Å². The van der Waals surface area contributed by atoms with E-state index >= 15 is 0 Å². The molecule has 8 heteroatoms. The standard InChI is InChI=1S/C10H10N4O3S/c1-6-12-13-10(17-6)18-5-7-2-3-9(14(15)16)8(11)4-7/h2-4H,5,11H2,1H3. The monoisotopic (exact) mass is 266 g/mol. The van der Waals surface area contributed by atoms with E-state index in [1.807, 2.05) is 0 Å². The van der Waals surface area contributed by atoms with E-state index in [2.05, 4.69) is 10.2 Å². The van der Waals surface area contributed by atoms with Gasteiger partial charge in [0.25, 0.3) is 10.9 Å². The van der Waals surface area contributed by atoms with Crippen LogP contribution in [-0.4, -0.2) is 15.1 Å². The Morgan fingerprint density at radius 2 is 2.28 bits per heavy atom. The van der Waals surface area contributed by atoms with Gasteiger partial charge in [-0.25, -0.2) is 0 Å². The fourth-order valence-electron chi connectivity index (χ4n) is 1.34. The number of hydrogen-bond donors (Lipinski definition) is 1. The van der Waals surface area contributed by atoms with Crippen LogP contribution in [0.15, 0.2) is 27.8 Å². The van der Waals surface area contributed by atoms with Crippen LogP contribution in [0.25, 0.3) is 0 Å². The molecule has 0 atom stereocenters. The Morgan fingerprint density at radius 1 is 1.50 bits per heavy atom. The van der Waals surface area contributed by atoms with Gasteiger partial charge in [0.1, 0.15) is 5.69 Å². The molecule has 18 heavy (non-hydrogen) atoms. The fraction of sp³-hybridized carbons (Fsp3) is 0.200. The Bertz CT molecular complexity index is 584. The zero-order chi connectivity index (χ0) is 13.1. The number of anilines is 1. The van der Waals surface area contributed by atoms with Gasteiger partial charge in [-0.05, 0) is 11.6 Å². The third-order valence-corrected chi connectivity index (χ3v) is 3.05. The number of thioether (sulfide) groups is 1. The quantitative estimate of drug-likeness (QED) is 0.391. The van der Waals surface area contributed by atoms with Crippen molar-refractivity contribution in [3.8, 4) is 0 Å². The molecule has 0 aliphatic heterocycles. The molecule has 1 aromatic carbocycles. The van der Waals surface area contributed by atoms with Gasteiger partial charge < -0.3 is 10.2 Å². The number of nitro benzene ring substituents is 1. The number of nitro groups is 1. The molecule has 0 unspecified atom stereocenters. The first-order valence-corrected chi connectivity index (χ1v) is 6.00. The molecule has 0 aliphatic rings. The van der Waals surface area contributed by atoms with Gasteiger partial charge in [-0.15, -0.1) is 10.2 Å². The molecule has 94 valence electrons. The van der Waals surface area contributed by atoms with Crippen LogP contribution in [0.1, 0.15) is 11.5 Å². The summed E-state index contributed by atoms with van der Waals surface area (Å²) in [6, 6.07) is 4.63. The second-order valence-electron chi connectivity index (χ2n) is 3.53. The lowest BCUT2D eigenvalue weighted by Gasteiger charge is -2.01. The van der Waals surface area contributed by atoms with E-state index in [4.69, 9.17) is 10.2 Å². The Hall–Kier alpha value is -2.09. The highest BCUT2D eigenvalue weighted by atomic mass is 32.2. The maximum absolute atomic E-state index is 10.6. The van der Waals surface area contributed by atoms with Crippen molar-refractivity contribution in [2.24, 2.45) is 0 Å². The summed E-state index contributed by atoms with van der Waals surface area (Å²) >= 11 is 1.35. The van der Waals surface area contributed by atoms with Crippen LogP contribution in [0, 0.1) is 17.0 Å². The topological polar surface area (TPSA) is 108 Å². The third kappa shape index (κ3) is 2.77. The van der Waals surface area contributed by atoms with Crippen molar-refractivity contribution in [1.82, 2.24) is 10.2 Å². The molecule has 0 saturated carbocycles. The number of nitrogen functional groups attached to an aromatic ring is 1. The van der Waals surface area contributed by atoms with Crippen molar-refractivity contribution >= 4 is 23.1 Å². The minimum atomic E-state index is -0.506. The fourth-order valence-corrected chi connectivity index (χ4v) is 2.09.